The Labute approximate surface area is 119 Å². The Kier molecular flexibility index (Phi) is 3.76. The van der Waals surface area contributed by atoms with Crippen molar-refractivity contribution in [1.29, 1.82) is 0 Å². The molecular weight excluding hydrogens is 254 g/mol. The summed E-state index contributed by atoms with van der Waals surface area (Å²) in [5.41, 5.74) is 1.04. The first kappa shape index (κ1) is 13.6. The van der Waals surface area contributed by atoms with E-state index in [0.29, 0.717) is 0 Å². The normalized spacial score (nSPS) is 32.7. The zero-order chi connectivity index (χ0) is 14.1. The van der Waals surface area contributed by atoms with Gasteiger partial charge in [0.25, 0.3) is 5.91 Å². The molecule has 1 aromatic carbocycles. The van der Waals surface area contributed by atoms with Gasteiger partial charge in [0, 0.05) is 7.05 Å². The first-order valence-corrected chi connectivity index (χ1v) is 7.33. The van der Waals surface area contributed by atoms with Crippen molar-refractivity contribution < 1.29 is 14.6 Å². The lowest BCUT2D eigenvalue weighted by Gasteiger charge is -2.35. The summed E-state index contributed by atoms with van der Waals surface area (Å²) in [5, 5.41) is 10.0. The van der Waals surface area contributed by atoms with Crippen molar-refractivity contribution in [3.05, 3.63) is 35.9 Å². The van der Waals surface area contributed by atoms with Crippen LogP contribution in [0.5, 0.6) is 0 Å². The fourth-order valence-corrected chi connectivity index (χ4v) is 3.10. The topological polar surface area (TPSA) is 53.1 Å². The Bertz CT molecular complexity index is 476. The molecule has 0 unspecified atom stereocenters. The highest BCUT2D eigenvalue weighted by Crippen LogP contribution is 2.40. The number of benzene rings is 1. The van der Waals surface area contributed by atoms with Crippen molar-refractivity contribution in [3.8, 4) is 0 Å². The van der Waals surface area contributed by atoms with Gasteiger partial charge in [-0.1, -0.05) is 43.2 Å². The lowest BCUT2D eigenvalue weighted by Crippen LogP contribution is -2.47. The number of carbonyl (C=O) groups excluding carboxylic acids is 1. The number of aliphatic hydroxyl groups excluding tert-OH is 1. The average Bonchev–Trinajstić information content (AvgIpc) is 3.28. The minimum Gasteiger partial charge on any atom is -0.391 e. The Morgan fingerprint density at radius 2 is 1.95 bits per heavy atom. The van der Waals surface area contributed by atoms with E-state index in [1.807, 2.05) is 30.3 Å². The summed E-state index contributed by atoms with van der Waals surface area (Å²) in [5.74, 6) is -0.00944. The molecular formula is C16H21NO3. The van der Waals surface area contributed by atoms with Crippen LogP contribution >= 0.6 is 0 Å². The number of carbonyl (C=O) groups is 1. The van der Waals surface area contributed by atoms with E-state index in [4.69, 9.17) is 4.74 Å². The minimum atomic E-state index is -0.397. The minimum absolute atomic E-state index is 0.00944. The molecule has 1 aliphatic carbocycles. The second-order valence-corrected chi connectivity index (χ2v) is 5.76. The molecule has 3 rings (SSSR count). The lowest BCUT2D eigenvalue weighted by atomic mass is 9.91. The molecule has 0 bridgehead atoms. The van der Waals surface area contributed by atoms with E-state index in [9.17, 15) is 9.90 Å². The van der Waals surface area contributed by atoms with Gasteiger partial charge in [-0.2, -0.15) is 0 Å². The van der Waals surface area contributed by atoms with Crippen LogP contribution in [-0.4, -0.2) is 41.2 Å². The van der Waals surface area contributed by atoms with Crippen molar-refractivity contribution >= 4 is 5.91 Å². The number of rotatable bonds is 3. The highest BCUT2D eigenvalue weighted by Gasteiger charge is 2.48. The molecule has 4 heteroatoms. The third-order valence-corrected chi connectivity index (χ3v) is 4.40. The zero-order valence-corrected chi connectivity index (χ0v) is 11.7. The molecule has 20 heavy (non-hydrogen) atoms. The van der Waals surface area contributed by atoms with Crippen molar-refractivity contribution in [1.82, 2.24) is 4.90 Å². The Balaban J connectivity index is 1.62. The zero-order valence-electron chi connectivity index (χ0n) is 11.7. The smallest absolute Gasteiger partial charge is 0.254 e. The summed E-state index contributed by atoms with van der Waals surface area (Å²) in [4.78, 5) is 14.1. The van der Waals surface area contributed by atoms with E-state index in [0.717, 1.165) is 31.2 Å². The highest BCUT2D eigenvalue weighted by atomic mass is 16.6. The molecule has 4 nitrogen and oxygen atoms in total. The van der Waals surface area contributed by atoms with Crippen LogP contribution in [0.25, 0.3) is 0 Å². The number of ether oxygens (including phenoxy) is 1. The summed E-state index contributed by atoms with van der Waals surface area (Å²) >= 11 is 0. The van der Waals surface area contributed by atoms with E-state index in [1.165, 1.54) is 0 Å². The number of likely N-dealkylation sites (N-methyl/N-ethyl adjacent to an activating group) is 1. The number of amides is 1. The van der Waals surface area contributed by atoms with Crippen molar-refractivity contribution in [3.63, 3.8) is 0 Å². The number of epoxide rings is 1. The molecule has 108 valence electrons. The number of hydrogen-bond acceptors (Lipinski definition) is 3. The fourth-order valence-electron chi connectivity index (χ4n) is 3.10. The number of aliphatic hydroxyl groups is 1. The van der Waals surface area contributed by atoms with E-state index >= 15 is 0 Å². The maximum absolute atomic E-state index is 12.4. The van der Waals surface area contributed by atoms with Crippen LogP contribution in [0.4, 0.5) is 0 Å². The van der Waals surface area contributed by atoms with Crippen molar-refractivity contribution in [2.45, 2.75) is 50.0 Å². The summed E-state index contributed by atoms with van der Waals surface area (Å²) in [6.07, 6.45) is 2.90. The molecule has 1 saturated carbocycles. The molecule has 1 aliphatic heterocycles. The van der Waals surface area contributed by atoms with Gasteiger partial charge in [-0.05, 0) is 18.4 Å². The predicted octanol–water partition coefficient (Wildman–Crippen LogP) is 1.89. The van der Waals surface area contributed by atoms with Gasteiger partial charge in [-0.25, -0.2) is 0 Å². The summed E-state index contributed by atoms with van der Waals surface area (Å²) in [6, 6.07) is 9.76. The lowest BCUT2D eigenvalue weighted by molar-refractivity contribution is -0.136. The molecule has 1 aromatic rings. The van der Waals surface area contributed by atoms with Gasteiger partial charge in [0.1, 0.15) is 6.10 Å². The molecule has 0 spiro atoms. The first-order valence-electron chi connectivity index (χ1n) is 7.33. The number of nitrogens with zero attached hydrogens (tertiary/aromatic N) is 1. The second-order valence-electron chi connectivity index (χ2n) is 5.76. The van der Waals surface area contributed by atoms with E-state index in [1.54, 1.807) is 11.9 Å². The Morgan fingerprint density at radius 3 is 2.65 bits per heavy atom. The van der Waals surface area contributed by atoms with E-state index < -0.39 is 6.10 Å². The molecule has 2 fully saturated rings. The maximum atomic E-state index is 12.4. The predicted molar refractivity (Wildman–Crippen MR) is 75.1 cm³/mol. The van der Waals surface area contributed by atoms with Crippen molar-refractivity contribution in [2.24, 2.45) is 0 Å². The molecule has 0 radical (unpaired) electrons. The summed E-state index contributed by atoms with van der Waals surface area (Å²) < 4.78 is 5.54. The van der Waals surface area contributed by atoms with Gasteiger partial charge < -0.3 is 14.7 Å². The summed E-state index contributed by atoms with van der Waals surface area (Å²) in [6.45, 7) is 0. The quantitative estimate of drug-likeness (QED) is 0.857. The second kappa shape index (κ2) is 5.54. The largest absolute Gasteiger partial charge is 0.391 e. The molecule has 2 aliphatic rings. The standard InChI is InChI=1S/C16H21NO3/c1-17(12-9-5-6-10-13(12)18)16(19)15-14(20-15)11-7-3-2-4-8-11/h2-4,7-8,12-15,18H,5-6,9-10H2,1H3/t12-,13-,14+,15-/m0/s1. The molecule has 0 aromatic heterocycles. The molecule has 1 saturated heterocycles. The van der Waals surface area contributed by atoms with Gasteiger partial charge in [0.2, 0.25) is 0 Å². The van der Waals surface area contributed by atoms with Crippen LogP contribution in [-0.2, 0) is 9.53 Å². The van der Waals surface area contributed by atoms with Crippen molar-refractivity contribution in [2.75, 3.05) is 7.05 Å². The van der Waals surface area contributed by atoms with Crippen LogP contribution in [0.3, 0.4) is 0 Å². The monoisotopic (exact) mass is 275 g/mol. The molecule has 1 heterocycles. The third kappa shape index (κ3) is 2.58. The van der Waals surface area contributed by atoms with E-state index in [2.05, 4.69) is 0 Å². The van der Waals surface area contributed by atoms with Crippen LogP contribution < -0.4 is 0 Å². The fraction of sp³-hybridized carbons (Fsp3) is 0.562. The van der Waals surface area contributed by atoms with Gasteiger partial charge in [-0.15, -0.1) is 0 Å². The van der Waals surface area contributed by atoms with Gasteiger partial charge in [0.15, 0.2) is 6.10 Å². The molecule has 1 amide bonds. The van der Waals surface area contributed by atoms with E-state index in [-0.39, 0.29) is 24.2 Å². The Hall–Kier alpha value is -1.39. The SMILES string of the molecule is CN(C(=O)[C@H]1O[C@@H]1c1ccccc1)[C@H]1CCCC[C@@H]1O. The average molecular weight is 275 g/mol. The number of hydrogen-bond donors (Lipinski definition) is 1. The van der Waals surface area contributed by atoms with Crippen LogP contribution in [0.2, 0.25) is 0 Å². The Morgan fingerprint density at radius 1 is 1.25 bits per heavy atom. The van der Waals surface area contributed by atoms with Crippen LogP contribution in [0, 0.1) is 0 Å². The molecule has 4 atom stereocenters. The van der Waals surface area contributed by atoms with Crippen LogP contribution in [0.15, 0.2) is 30.3 Å². The molecule has 1 N–H and O–H groups in total. The maximum Gasteiger partial charge on any atom is 0.254 e. The summed E-state index contributed by atoms with van der Waals surface area (Å²) in [7, 11) is 1.78. The first-order chi connectivity index (χ1) is 9.68. The van der Waals surface area contributed by atoms with Gasteiger partial charge >= 0.3 is 0 Å². The highest BCUT2D eigenvalue weighted by molar-refractivity contribution is 5.84. The van der Waals surface area contributed by atoms with Gasteiger partial charge in [0.05, 0.1) is 12.1 Å². The van der Waals surface area contributed by atoms with Gasteiger partial charge in [-0.3, -0.25) is 4.79 Å². The third-order valence-electron chi connectivity index (χ3n) is 4.40. The van der Waals surface area contributed by atoms with Crippen LogP contribution in [0.1, 0.15) is 37.4 Å².